The summed E-state index contributed by atoms with van der Waals surface area (Å²) in [5.74, 6) is -0.0597. The highest BCUT2D eigenvalue weighted by Gasteiger charge is 2.10. The minimum absolute atomic E-state index is 0.0597. The third-order valence-electron chi connectivity index (χ3n) is 2.09. The SMILES string of the molecule is CC(=O)Nc1c(Br)cc(Br)c(C)c1C. The number of carbonyl (C=O) groups is 1. The standard InChI is InChI=1S/C10H11Br2NO/c1-5-6(2)10(13-7(3)14)9(12)4-8(5)11/h4H,1-3H3,(H,13,14). The van der Waals surface area contributed by atoms with E-state index in [1.54, 1.807) is 0 Å². The van der Waals surface area contributed by atoms with E-state index < -0.39 is 0 Å². The van der Waals surface area contributed by atoms with Crippen molar-refractivity contribution in [2.75, 3.05) is 5.32 Å². The van der Waals surface area contributed by atoms with Gasteiger partial charge in [0.25, 0.3) is 0 Å². The topological polar surface area (TPSA) is 29.1 Å². The highest BCUT2D eigenvalue weighted by Crippen LogP contribution is 2.33. The van der Waals surface area contributed by atoms with Crippen LogP contribution in [0.2, 0.25) is 0 Å². The number of rotatable bonds is 1. The summed E-state index contributed by atoms with van der Waals surface area (Å²) < 4.78 is 1.93. The average Bonchev–Trinajstić information content (AvgIpc) is 2.09. The number of carbonyl (C=O) groups excluding carboxylic acids is 1. The predicted octanol–water partition coefficient (Wildman–Crippen LogP) is 3.79. The van der Waals surface area contributed by atoms with E-state index in [1.807, 2.05) is 19.9 Å². The molecule has 0 saturated heterocycles. The van der Waals surface area contributed by atoms with Gasteiger partial charge in [0, 0.05) is 15.9 Å². The zero-order valence-electron chi connectivity index (χ0n) is 8.24. The molecule has 0 atom stereocenters. The van der Waals surface area contributed by atoms with E-state index in [9.17, 15) is 4.79 Å². The Hall–Kier alpha value is -0.350. The summed E-state index contributed by atoms with van der Waals surface area (Å²) >= 11 is 6.87. The lowest BCUT2D eigenvalue weighted by Crippen LogP contribution is -2.08. The Morgan fingerprint density at radius 1 is 1.21 bits per heavy atom. The summed E-state index contributed by atoms with van der Waals surface area (Å²) in [4.78, 5) is 11.0. The Bertz CT molecular complexity index is 388. The van der Waals surface area contributed by atoms with Crippen molar-refractivity contribution in [1.29, 1.82) is 0 Å². The molecule has 0 aromatic heterocycles. The molecule has 1 rings (SSSR count). The molecule has 0 unspecified atom stereocenters. The molecule has 1 amide bonds. The summed E-state index contributed by atoms with van der Waals surface area (Å²) in [7, 11) is 0. The second-order valence-electron chi connectivity index (χ2n) is 3.15. The first-order chi connectivity index (χ1) is 6.43. The summed E-state index contributed by atoms with van der Waals surface area (Å²) in [5, 5.41) is 2.80. The second kappa shape index (κ2) is 4.45. The molecule has 0 aliphatic carbocycles. The molecule has 0 bridgehead atoms. The van der Waals surface area contributed by atoms with Crippen molar-refractivity contribution in [1.82, 2.24) is 0 Å². The number of hydrogen-bond acceptors (Lipinski definition) is 1. The van der Waals surface area contributed by atoms with Crippen molar-refractivity contribution >= 4 is 43.5 Å². The first kappa shape index (κ1) is 11.7. The van der Waals surface area contributed by atoms with Gasteiger partial charge in [0.05, 0.1) is 5.69 Å². The van der Waals surface area contributed by atoms with Gasteiger partial charge in [-0.15, -0.1) is 0 Å². The van der Waals surface area contributed by atoms with Gasteiger partial charge in [-0.05, 0) is 47.0 Å². The maximum atomic E-state index is 11.0. The van der Waals surface area contributed by atoms with E-state index in [1.165, 1.54) is 6.92 Å². The molecule has 0 aliphatic rings. The van der Waals surface area contributed by atoms with E-state index >= 15 is 0 Å². The molecule has 76 valence electrons. The summed E-state index contributed by atoms with van der Waals surface area (Å²) in [5.41, 5.74) is 3.05. The molecule has 0 fully saturated rings. The highest BCUT2D eigenvalue weighted by atomic mass is 79.9. The van der Waals surface area contributed by atoms with Gasteiger partial charge >= 0.3 is 0 Å². The van der Waals surface area contributed by atoms with Crippen LogP contribution >= 0.6 is 31.9 Å². The molecular weight excluding hydrogens is 310 g/mol. The quantitative estimate of drug-likeness (QED) is 0.838. The Balaban J connectivity index is 3.29. The molecule has 1 aromatic rings. The van der Waals surface area contributed by atoms with Crippen LogP contribution in [0.3, 0.4) is 0 Å². The highest BCUT2D eigenvalue weighted by molar-refractivity contribution is 9.11. The third-order valence-corrected chi connectivity index (χ3v) is 3.54. The van der Waals surface area contributed by atoms with Crippen molar-refractivity contribution in [2.24, 2.45) is 0 Å². The van der Waals surface area contributed by atoms with Crippen molar-refractivity contribution < 1.29 is 4.79 Å². The fourth-order valence-electron chi connectivity index (χ4n) is 1.17. The largest absolute Gasteiger partial charge is 0.325 e. The molecule has 2 nitrogen and oxygen atoms in total. The fourth-order valence-corrected chi connectivity index (χ4v) is 2.63. The van der Waals surface area contributed by atoms with Gasteiger partial charge in [-0.2, -0.15) is 0 Å². The Morgan fingerprint density at radius 2 is 1.79 bits per heavy atom. The maximum Gasteiger partial charge on any atom is 0.221 e. The van der Waals surface area contributed by atoms with Gasteiger partial charge < -0.3 is 5.32 Å². The zero-order chi connectivity index (χ0) is 10.9. The third kappa shape index (κ3) is 2.36. The van der Waals surface area contributed by atoms with E-state index in [-0.39, 0.29) is 5.91 Å². The molecule has 0 spiro atoms. The lowest BCUT2D eigenvalue weighted by Gasteiger charge is -2.13. The lowest BCUT2D eigenvalue weighted by molar-refractivity contribution is -0.114. The molecule has 1 aromatic carbocycles. The molecule has 0 radical (unpaired) electrons. The Labute approximate surface area is 100 Å². The molecule has 0 heterocycles. The van der Waals surface area contributed by atoms with Crippen LogP contribution in [0, 0.1) is 13.8 Å². The van der Waals surface area contributed by atoms with Gasteiger partial charge in [-0.3, -0.25) is 4.79 Å². The van der Waals surface area contributed by atoms with Gasteiger partial charge in [-0.25, -0.2) is 0 Å². The normalized spacial score (nSPS) is 10.1. The summed E-state index contributed by atoms with van der Waals surface area (Å²) in [6.45, 7) is 5.50. The molecule has 1 N–H and O–H groups in total. The fraction of sp³-hybridized carbons (Fsp3) is 0.300. The first-order valence-corrected chi connectivity index (χ1v) is 5.75. The minimum Gasteiger partial charge on any atom is -0.325 e. The first-order valence-electron chi connectivity index (χ1n) is 4.16. The van der Waals surface area contributed by atoms with Crippen LogP contribution in [0.1, 0.15) is 18.1 Å². The number of nitrogens with one attached hydrogen (secondary N) is 1. The summed E-state index contributed by atoms with van der Waals surface area (Å²) in [6.07, 6.45) is 0. The number of amides is 1. The van der Waals surface area contributed by atoms with Gasteiger partial charge in [0.1, 0.15) is 0 Å². The van der Waals surface area contributed by atoms with Crippen LogP contribution in [-0.4, -0.2) is 5.91 Å². The van der Waals surface area contributed by atoms with Crippen molar-refractivity contribution in [3.63, 3.8) is 0 Å². The number of benzene rings is 1. The number of anilines is 1. The zero-order valence-corrected chi connectivity index (χ0v) is 11.4. The molecule has 4 heteroatoms. The van der Waals surface area contributed by atoms with Crippen LogP contribution in [0.25, 0.3) is 0 Å². The van der Waals surface area contributed by atoms with Crippen LogP contribution in [-0.2, 0) is 4.79 Å². The summed E-state index contributed by atoms with van der Waals surface area (Å²) in [6, 6.07) is 1.94. The van der Waals surface area contributed by atoms with Crippen molar-refractivity contribution in [2.45, 2.75) is 20.8 Å². The van der Waals surface area contributed by atoms with Crippen LogP contribution in [0.15, 0.2) is 15.0 Å². The average molecular weight is 321 g/mol. The van der Waals surface area contributed by atoms with E-state index in [2.05, 4.69) is 37.2 Å². The number of hydrogen-bond donors (Lipinski definition) is 1. The monoisotopic (exact) mass is 319 g/mol. The van der Waals surface area contributed by atoms with E-state index in [0.717, 1.165) is 25.8 Å². The number of halogens is 2. The van der Waals surface area contributed by atoms with Crippen LogP contribution in [0.4, 0.5) is 5.69 Å². The minimum atomic E-state index is -0.0597. The van der Waals surface area contributed by atoms with Gasteiger partial charge in [0.15, 0.2) is 0 Å². The predicted molar refractivity (Wildman–Crippen MR) is 65.6 cm³/mol. The molecular formula is C10H11Br2NO. The van der Waals surface area contributed by atoms with E-state index in [0.29, 0.717) is 0 Å². The van der Waals surface area contributed by atoms with E-state index in [4.69, 9.17) is 0 Å². The molecule has 14 heavy (non-hydrogen) atoms. The van der Waals surface area contributed by atoms with Gasteiger partial charge in [-0.1, -0.05) is 15.9 Å². The Kier molecular flexibility index (Phi) is 3.72. The van der Waals surface area contributed by atoms with Crippen molar-refractivity contribution in [3.8, 4) is 0 Å². The maximum absolute atomic E-state index is 11.0. The van der Waals surface area contributed by atoms with Crippen LogP contribution in [0.5, 0.6) is 0 Å². The molecule has 0 saturated carbocycles. The van der Waals surface area contributed by atoms with Crippen molar-refractivity contribution in [3.05, 3.63) is 26.1 Å². The smallest absolute Gasteiger partial charge is 0.221 e. The Morgan fingerprint density at radius 3 is 2.29 bits per heavy atom. The lowest BCUT2D eigenvalue weighted by atomic mass is 10.1. The second-order valence-corrected chi connectivity index (χ2v) is 4.86. The van der Waals surface area contributed by atoms with Crippen LogP contribution < -0.4 is 5.32 Å². The molecule has 0 aliphatic heterocycles. The van der Waals surface area contributed by atoms with Gasteiger partial charge in [0.2, 0.25) is 5.91 Å².